The Kier molecular flexibility index (Phi) is 4.20. The van der Waals surface area contributed by atoms with Crippen LogP contribution < -0.4 is 0 Å². The van der Waals surface area contributed by atoms with Crippen LogP contribution in [0.15, 0.2) is 24.3 Å². The molecule has 1 saturated heterocycles. The minimum Gasteiger partial charge on any atom is -0.391 e. The molecule has 2 aromatic rings. The van der Waals surface area contributed by atoms with Crippen molar-refractivity contribution in [3.05, 3.63) is 24.3 Å². The molecule has 0 unspecified atom stereocenters. The highest BCUT2D eigenvalue weighted by Crippen LogP contribution is 2.25. The maximum atomic E-state index is 12.6. The van der Waals surface area contributed by atoms with Gasteiger partial charge in [0, 0.05) is 32.2 Å². The molecule has 2 heterocycles. The van der Waals surface area contributed by atoms with Crippen molar-refractivity contribution in [2.75, 3.05) is 26.2 Å². The van der Waals surface area contributed by atoms with Gasteiger partial charge in [0.25, 0.3) is 0 Å². The summed E-state index contributed by atoms with van der Waals surface area (Å²) < 4.78 is 1.67. The quantitative estimate of drug-likeness (QED) is 0.887. The van der Waals surface area contributed by atoms with Crippen molar-refractivity contribution in [1.29, 1.82) is 0 Å². The summed E-state index contributed by atoms with van der Waals surface area (Å²) in [7, 11) is 0. The smallest absolute Gasteiger partial charge is 0.244 e. The standard InChI is InChI=1S/C17H23N5O2/c23-16-7-3-6-15(16)20-8-10-21(11-9-20)17(24)12-22-14-5-2-1-4-13(14)18-19-22/h1-2,4-5,15-16,23H,3,6-12H2/t15-,16-/m1/s1. The predicted octanol–water partition coefficient (Wildman–Crippen LogP) is 0.489. The lowest BCUT2D eigenvalue weighted by Gasteiger charge is -2.39. The summed E-state index contributed by atoms with van der Waals surface area (Å²) in [6, 6.07) is 7.95. The number of carbonyl (C=O) groups is 1. The van der Waals surface area contributed by atoms with Gasteiger partial charge in [0.1, 0.15) is 12.1 Å². The van der Waals surface area contributed by atoms with Crippen LogP contribution in [0.3, 0.4) is 0 Å². The summed E-state index contributed by atoms with van der Waals surface area (Å²) in [6.07, 6.45) is 2.88. The van der Waals surface area contributed by atoms with Gasteiger partial charge < -0.3 is 10.0 Å². The van der Waals surface area contributed by atoms with Gasteiger partial charge in [-0.15, -0.1) is 5.10 Å². The highest BCUT2D eigenvalue weighted by molar-refractivity contribution is 5.79. The summed E-state index contributed by atoms with van der Waals surface area (Å²) in [5.41, 5.74) is 1.70. The lowest BCUT2D eigenvalue weighted by molar-refractivity contribution is -0.134. The number of rotatable bonds is 3. The molecular weight excluding hydrogens is 306 g/mol. The number of para-hydroxylation sites is 1. The van der Waals surface area contributed by atoms with E-state index in [1.165, 1.54) is 0 Å². The van der Waals surface area contributed by atoms with E-state index in [2.05, 4.69) is 15.2 Å². The Morgan fingerprint density at radius 3 is 2.71 bits per heavy atom. The van der Waals surface area contributed by atoms with Gasteiger partial charge in [-0.25, -0.2) is 4.68 Å². The third kappa shape index (κ3) is 2.89. The van der Waals surface area contributed by atoms with Crippen molar-refractivity contribution in [1.82, 2.24) is 24.8 Å². The number of fused-ring (bicyclic) bond motifs is 1. The van der Waals surface area contributed by atoms with Gasteiger partial charge in [0.05, 0.1) is 11.6 Å². The zero-order valence-corrected chi connectivity index (χ0v) is 13.7. The second-order valence-electron chi connectivity index (χ2n) is 6.72. The molecule has 1 aromatic carbocycles. The lowest BCUT2D eigenvalue weighted by Crippen LogP contribution is -2.54. The first kappa shape index (κ1) is 15.5. The molecule has 2 aliphatic rings. The summed E-state index contributed by atoms with van der Waals surface area (Å²) in [6.45, 7) is 3.34. The first-order valence-electron chi connectivity index (χ1n) is 8.70. The molecule has 0 spiro atoms. The number of piperazine rings is 1. The van der Waals surface area contributed by atoms with Gasteiger partial charge in [-0.3, -0.25) is 9.69 Å². The van der Waals surface area contributed by atoms with E-state index in [0.717, 1.165) is 43.4 Å². The minimum atomic E-state index is -0.200. The van der Waals surface area contributed by atoms with E-state index < -0.39 is 0 Å². The van der Waals surface area contributed by atoms with Gasteiger partial charge in [-0.2, -0.15) is 0 Å². The molecule has 1 saturated carbocycles. The number of aliphatic hydroxyl groups is 1. The molecule has 0 bridgehead atoms. The van der Waals surface area contributed by atoms with Crippen LogP contribution in [0.4, 0.5) is 0 Å². The number of aromatic nitrogens is 3. The number of amides is 1. The molecule has 1 aromatic heterocycles. The van der Waals surface area contributed by atoms with Gasteiger partial charge in [-0.1, -0.05) is 17.3 Å². The average Bonchev–Trinajstić information content (AvgIpc) is 3.22. The van der Waals surface area contributed by atoms with Crippen LogP contribution in [0.25, 0.3) is 11.0 Å². The molecule has 7 nitrogen and oxygen atoms in total. The lowest BCUT2D eigenvalue weighted by atomic mass is 10.1. The van der Waals surface area contributed by atoms with Crippen LogP contribution in [0, 0.1) is 0 Å². The minimum absolute atomic E-state index is 0.0808. The van der Waals surface area contributed by atoms with E-state index in [-0.39, 0.29) is 24.6 Å². The number of nitrogens with zero attached hydrogens (tertiary/aromatic N) is 5. The summed E-state index contributed by atoms with van der Waals surface area (Å²) in [5.74, 6) is 0.0808. The van der Waals surface area contributed by atoms with E-state index in [0.29, 0.717) is 13.1 Å². The topological polar surface area (TPSA) is 74.5 Å². The van der Waals surface area contributed by atoms with Crippen LogP contribution in [-0.4, -0.2) is 74.1 Å². The molecule has 2 atom stereocenters. The fraction of sp³-hybridized carbons (Fsp3) is 0.588. The van der Waals surface area contributed by atoms with Crippen LogP contribution in [0.5, 0.6) is 0 Å². The van der Waals surface area contributed by atoms with E-state index in [9.17, 15) is 9.90 Å². The fourth-order valence-electron chi connectivity index (χ4n) is 3.91. The zero-order valence-electron chi connectivity index (χ0n) is 13.7. The molecule has 1 amide bonds. The molecular formula is C17H23N5O2. The molecule has 24 heavy (non-hydrogen) atoms. The maximum absolute atomic E-state index is 12.6. The van der Waals surface area contributed by atoms with Crippen LogP contribution >= 0.6 is 0 Å². The Labute approximate surface area is 140 Å². The molecule has 1 N–H and O–H groups in total. The molecule has 1 aliphatic carbocycles. The highest BCUT2D eigenvalue weighted by atomic mass is 16.3. The second kappa shape index (κ2) is 6.49. The number of carbonyl (C=O) groups excluding carboxylic acids is 1. The first-order valence-corrected chi connectivity index (χ1v) is 8.70. The Bertz CT molecular complexity index is 723. The highest BCUT2D eigenvalue weighted by Gasteiger charge is 2.33. The van der Waals surface area contributed by atoms with E-state index >= 15 is 0 Å². The number of hydrogen-bond donors (Lipinski definition) is 1. The number of benzene rings is 1. The van der Waals surface area contributed by atoms with Crippen molar-refractivity contribution in [2.45, 2.75) is 38.0 Å². The summed E-state index contributed by atoms with van der Waals surface area (Å²) in [4.78, 5) is 16.8. The normalized spacial score (nSPS) is 25.5. The van der Waals surface area contributed by atoms with Gasteiger partial charge in [0.2, 0.25) is 5.91 Å². The molecule has 4 rings (SSSR count). The molecule has 7 heteroatoms. The Morgan fingerprint density at radius 1 is 1.17 bits per heavy atom. The van der Waals surface area contributed by atoms with Crippen molar-refractivity contribution in [3.63, 3.8) is 0 Å². The fourth-order valence-corrected chi connectivity index (χ4v) is 3.91. The molecule has 1 aliphatic heterocycles. The van der Waals surface area contributed by atoms with Crippen molar-refractivity contribution in [2.24, 2.45) is 0 Å². The van der Waals surface area contributed by atoms with Crippen molar-refractivity contribution in [3.8, 4) is 0 Å². The second-order valence-corrected chi connectivity index (χ2v) is 6.72. The molecule has 2 fully saturated rings. The first-order chi connectivity index (χ1) is 11.7. The largest absolute Gasteiger partial charge is 0.391 e. The maximum Gasteiger partial charge on any atom is 0.244 e. The number of hydrogen-bond acceptors (Lipinski definition) is 5. The van der Waals surface area contributed by atoms with Gasteiger partial charge in [0.15, 0.2) is 0 Å². The zero-order chi connectivity index (χ0) is 16.5. The summed E-state index contributed by atoms with van der Waals surface area (Å²) >= 11 is 0. The number of aliphatic hydroxyl groups excluding tert-OH is 1. The third-order valence-electron chi connectivity index (χ3n) is 5.29. The van der Waals surface area contributed by atoms with Crippen LogP contribution in [-0.2, 0) is 11.3 Å². The van der Waals surface area contributed by atoms with E-state index in [1.54, 1.807) is 4.68 Å². The molecule has 0 radical (unpaired) electrons. The van der Waals surface area contributed by atoms with Gasteiger partial charge >= 0.3 is 0 Å². The Hall–Kier alpha value is -1.99. The SMILES string of the molecule is O=C(Cn1nnc2ccccc21)N1CCN([C@@H]2CCC[C@H]2O)CC1. The van der Waals surface area contributed by atoms with Crippen molar-refractivity contribution < 1.29 is 9.90 Å². The van der Waals surface area contributed by atoms with Crippen LogP contribution in [0.2, 0.25) is 0 Å². The van der Waals surface area contributed by atoms with Gasteiger partial charge in [-0.05, 0) is 31.4 Å². The Morgan fingerprint density at radius 2 is 1.96 bits per heavy atom. The van der Waals surface area contributed by atoms with E-state index in [4.69, 9.17) is 0 Å². The predicted molar refractivity (Wildman–Crippen MR) is 89.3 cm³/mol. The van der Waals surface area contributed by atoms with E-state index in [1.807, 2.05) is 29.2 Å². The van der Waals surface area contributed by atoms with Crippen molar-refractivity contribution >= 4 is 16.9 Å². The Balaban J connectivity index is 1.36. The summed E-state index contributed by atoms with van der Waals surface area (Å²) in [5, 5.41) is 18.2. The third-order valence-corrected chi connectivity index (χ3v) is 5.29. The monoisotopic (exact) mass is 329 g/mol. The molecule has 128 valence electrons. The average molecular weight is 329 g/mol. The van der Waals surface area contributed by atoms with Crippen LogP contribution in [0.1, 0.15) is 19.3 Å².